The summed E-state index contributed by atoms with van der Waals surface area (Å²) in [7, 11) is -3.60. The van der Waals surface area contributed by atoms with Crippen molar-refractivity contribution in [2.24, 2.45) is 0 Å². The highest BCUT2D eigenvalue weighted by Crippen LogP contribution is 2.16. The fourth-order valence-corrected chi connectivity index (χ4v) is 2.89. The molecule has 0 bridgehead atoms. The molecule has 1 aromatic carbocycles. The SMILES string of the molecule is CCC(CC)NS(=O)(=O)c1ccc([N+](=O)[O-])cc1. The van der Waals surface area contributed by atoms with Crippen LogP contribution in [0.2, 0.25) is 0 Å². The molecular weight excluding hydrogens is 256 g/mol. The Bertz CT molecular complexity index is 506. The van der Waals surface area contributed by atoms with Gasteiger partial charge in [-0.1, -0.05) is 13.8 Å². The molecule has 0 saturated carbocycles. The van der Waals surface area contributed by atoms with Gasteiger partial charge in [0.15, 0.2) is 0 Å². The molecule has 0 atom stereocenters. The minimum Gasteiger partial charge on any atom is -0.258 e. The van der Waals surface area contributed by atoms with Crippen LogP contribution in [0.1, 0.15) is 26.7 Å². The molecule has 0 saturated heterocycles. The highest BCUT2D eigenvalue weighted by Gasteiger charge is 2.18. The van der Waals surface area contributed by atoms with Gasteiger partial charge in [0, 0.05) is 18.2 Å². The van der Waals surface area contributed by atoms with Crippen molar-refractivity contribution in [1.82, 2.24) is 4.72 Å². The third kappa shape index (κ3) is 3.51. The van der Waals surface area contributed by atoms with Crippen LogP contribution in [0.5, 0.6) is 0 Å². The summed E-state index contributed by atoms with van der Waals surface area (Å²) in [4.78, 5) is 9.95. The van der Waals surface area contributed by atoms with Crippen molar-refractivity contribution in [3.63, 3.8) is 0 Å². The van der Waals surface area contributed by atoms with Crippen LogP contribution < -0.4 is 4.72 Å². The summed E-state index contributed by atoms with van der Waals surface area (Å²) in [5, 5.41) is 10.5. The Kier molecular flexibility index (Phi) is 4.80. The Morgan fingerprint density at radius 3 is 2.11 bits per heavy atom. The van der Waals surface area contributed by atoms with Gasteiger partial charge in [0.1, 0.15) is 0 Å². The van der Waals surface area contributed by atoms with E-state index < -0.39 is 14.9 Å². The van der Waals surface area contributed by atoms with Crippen molar-refractivity contribution in [1.29, 1.82) is 0 Å². The average molecular weight is 272 g/mol. The lowest BCUT2D eigenvalue weighted by Crippen LogP contribution is -2.33. The van der Waals surface area contributed by atoms with Gasteiger partial charge >= 0.3 is 0 Å². The summed E-state index contributed by atoms with van der Waals surface area (Å²) in [6.45, 7) is 3.79. The molecule has 0 unspecified atom stereocenters. The first-order valence-electron chi connectivity index (χ1n) is 5.67. The van der Waals surface area contributed by atoms with E-state index in [4.69, 9.17) is 0 Å². The van der Waals surface area contributed by atoms with Crippen LogP contribution in [0.4, 0.5) is 5.69 Å². The number of hydrogen-bond acceptors (Lipinski definition) is 4. The van der Waals surface area contributed by atoms with Crippen molar-refractivity contribution in [3.8, 4) is 0 Å². The fraction of sp³-hybridized carbons (Fsp3) is 0.455. The molecule has 0 aliphatic heterocycles. The Balaban J connectivity index is 2.95. The van der Waals surface area contributed by atoms with Gasteiger partial charge in [-0.15, -0.1) is 0 Å². The van der Waals surface area contributed by atoms with Crippen LogP contribution in [0.25, 0.3) is 0 Å². The molecule has 7 heteroatoms. The topological polar surface area (TPSA) is 89.3 Å². The second kappa shape index (κ2) is 5.92. The lowest BCUT2D eigenvalue weighted by atomic mass is 10.2. The minimum atomic E-state index is -3.60. The highest BCUT2D eigenvalue weighted by atomic mass is 32.2. The molecule has 6 nitrogen and oxygen atoms in total. The zero-order valence-corrected chi connectivity index (χ0v) is 11.1. The standard InChI is InChI=1S/C11H16N2O4S/c1-3-9(4-2)12-18(16,17)11-7-5-10(6-8-11)13(14)15/h5-9,12H,3-4H2,1-2H3. The number of nitrogens with zero attached hydrogens (tertiary/aromatic N) is 1. The molecule has 0 amide bonds. The number of nitrogens with one attached hydrogen (secondary N) is 1. The smallest absolute Gasteiger partial charge is 0.258 e. The van der Waals surface area contributed by atoms with Crippen LogP contribution in [-0.4, -0.2) is 19.4 Å². The van der Waals surface area contributed by atoms with E-state index in [9.17, 15) is 18.5 Å². The normalized spacial score (nSPS) is 11.7. The summed E-state index contributed by atoms with van der Waals surface area (Å²) in [5.74, 6) is 0. The van der Waals surface area contributed by atoms with Gasteiger partial charge in [0.05, 0.1) is 9.82 Å². The number of rotatable bonds is 6. The predicted octanol–water partition coefficient (Wildman–Crippen LogP) is 2.06. The summed E-state index contributed by atoms with van der Waals surface area (Å²) in [6, 6.07) is 4.72. The van der Waals surface area contributed by atoms with Crippen LogP contribution in [0.3, 0.4) is 0 Å². The zero-order valence-electron chi connectivity index (χ0n) is 10.3. The van der Waals surface area contributed by atoms with Gasteiger partial charge in [-0.3, -0.25) is 10.1 Å². The molecule has 0 fully saturated rings. The first kappa shape index (κ1) is 14.6. The maximum absolute atomic E-state index is 12.0. The van der Waals surface area contributed by atoms with Gasteiger partial charge in [-0.05, 0) is 25.0 Å². The van der Waals surface area contributed by atoms with E-state index in [2.05, 4.69) is 4.72 Å². The van der Waals surface area contributed by atoms with Crippen molar-refractivity contribution in [2.45, 2.75) is 37.6 Å². The van der Waals surface area contributed by atoms with Crippen LogP contribution in [-0.2, 0) is 10.0 Å². The highest BCUT2D eigenvalue weighted by molar-refractivity contribution is 7.89. The summed E-state index contributed by atoms with van der Waals surface area (Å²) < 4.78 is 26.5. The van der Waals surface area contributed by atoms with Crippen molar-refractivity contribution < 1.29 is 13.3 Å². The largest absolute Gasteiger partial charge is 0.269 e. The predicted molar refractivity (Wildman–Crippen MR) is 67.8 cm³/mol. The quantitative estimate of drug-likeness (QED) is 0.634. The average Bonchev–Trinajstić information content (AvgIpc) is 2.36. The lowest BCUT2D eigenvalue weighted by Gasteiger charge is -2.14. The Labute approximate surface area is 106 Å². The Morgan fingerprint density at radius 1 is 1.22 bits per heavy atom. The summed E-state index contributed by atoms with van der Waals surface area (Å²) >= 11 is 0. The lowest BCUT2D eigenvalue weighted by molar-refractivity contribution is -0.384. The van der Waals surface area contributed by atoms with Crippen molar-refractivity contribution >= 4 is 15.7 Å². The second-order valence-corrected chi connectivity index (χ2v) is 5.60. The fourth-order valence-electron chi connectivity index (χ4n) is 1.49. The third-order valence-electron chi connectivity index (χ3n) is 2.67. The van der Waals surface area contributed by atoms with E-state index in [1.54, 1.807) is 0 Å². The molecule has 1 rings (SSSR count). The molecule has 18 heavy (non-hydrogen) atoms. The molecular formula is C11H16N2O4S. The molecule has 0 aromatic heterocycles. The van der Waals surface area contributed by atoms with Gasteiger partial charge in [0.25, 0.3) is 5.69 Å². The van der Waals surface area contributed by atoms with E-state index >= 15 is 0 Å². The molecule has 0 spiro atoms. The van der Waals surface area contributed by atoms with E-state index in [1.165, 1.54) is 24.3 Å². The molecule has 0 heterocycles. The van der Waals surface area contributed by atoms with E-state index in [1.807, 2.05) is 13.8 Å². The molecule has 100 valence electrons. The van der Waals surface area contributed by atoms with E-state index in [0.717, 1.165) is 0 Å². The van der Waals surface area contributed by atoms with Crippen molar-refractivity contribution in [2.75, 3.05) is 0 Å². The number of sulfonamides is 1. The van der Waals surface area contributed by atoms with Gasteiger partial charge in [0.2, 0.25) is 10.0 Å². The maximum atomic E-state index is 12.0. The summed E-state index contributed by atoms with van der Waals surface area (Å²) in [6.07, 6.45) is 1.39. The van der Waals surface area contributed by atoms with Gasteiger partial charge < -0.3 is 0 Å². The Morgan fingerprint density at radius 2 is 1.72 bits per heavy atom. The first-order chi connectivity index (χ1) is 8.40. The monoisotopic (exact) mass is 272 g/mol. The number of non-ortho nitro benzene ring substituents is 1. The Hall–Kier alpha value is -1.47. The van der Waals surface area contributed by atoms with Crippen LogP contribution in [0.15, 0.2) is 29.2 Å². The number of benzene rings is 1. The van der Waals surface area contributed by atoms with Gasteiger partial charge in [-0.25, -0.2) is 13.1 Å². The number of hydrogen-bond donors (Lipinski definition) is 1. The first-order valence-corrected chi connectivity index (χ1v) is 7.15. The zero-order chi connectivity index (χ0) is 13.8. The number of nitro groups is 1. The summed E-state index contributed by atoms with van der Waals surface area (Å²) in [5.41, 5.74) is -0.128. The van der Waals surface area contributed by atoms with Crippen LogP contribution >= 0.6 is 0 Å². The van der Waals surface area contributed by atoms with E-state index in [0.29, 0.717) is 12.8 Å². The maximum Gasteiger partial charge on any atom is 0.269 e. The second-order valence-electron chi connectivity index (χ2n) is 3.89. The molecule has 1 aromatic rings. The van der Waals surface area contributed by atoms with E-state index in [-0.39, 0.29) is 16.6 Å². The molecule has 0 radical (unpaired) electrons. The minimum absolute atomic E-state index is 0.0417. The van der Waals surface area contributed by atoms with Crippen LogP contribution in [0, 0.1) is 10.1 Å². The third-order valence-corrected chi connectivity index (χ3v) is 4.20. The molecule has 0 aliphatic rings. The molecule has 0 aliphatic carbocycles. The molecule has 1 N–H and O–H groups in total. The van der Waals surface area contributed by atoms with Gasteiger partial charge in [-0.2, -0.15) is 0 Å². The van der Waals surface area contributed by atoms with Crippen molar-refractivity contribution in [3.05, 3.63) is 34.4 Å². The number of nitro benzene ring substituents is 1.